The van der Waals surface area contributed by atoms with Gasteiger partial charge in [0.2, 0.25) is 0 Å². The Morgan fingerprint density at radius 1 is 1.00 bits per heavy atom. The van der Waals surface area contributed by atoms with E-state index in [2.05, 4.69) is 59.8 Å². The summed E-state index contributed by atoms with van der Waals surface area (Å²) in [5, 5.41) is 4.53. The van der Waals surface area contributed by atoms with Crippen LogP contribution in [0.3, 0.4) is 0 Å². The molecule has 3 aromatic heterocycles. The molecule has 0 aliphatic carbocycles. The molecule has 7 heteroatoms. The van der Waals surface area contributed by atoms with E-state index < -0.39 is 0 Å². The zero-order valence-electron chi connectivity index (χ0n) is 18.4. The third-order valence-electron chi connectivity index (χ3n) is 5.49. The predicted molar refractivity (Wildman–Crippen MR) is 119 cm³/mol. The standard InChI is InChI=1S/C23H31N7/c1-5-20-14-21(27-22(26-20)19-6-8-24-9-7-19)29-12-10-28(11-13-29)16-18-15-25-30(17-18)23(2,3)4/h6-9,14-15,17H,5,10-13,16H2,1-4H3. The first-order valence-electron chi connectivity index (χ1n) is 10.7. The molecular weight excluding hydrogens is 374 g/mol. The van der Waals surface area contributed by atoms with E-state index in [-0.39, 0.29) is 5.54 Å². The van der Waals surface area contributed by atoms with Gasteiger partial charge in [-0.2, -0.15) is 5.10 Å². The molecule has 1 aliphatic heterocycles. The van der Waals surface area contributed by atoms with Crippen LogP contribution in [0.5, 0.6) is 0 Å². The number of pyridine rings is 1. The summed E-state index contributed by atoms with van der Waals surface area (Å²) in [6.07, 6.45) is 8.64. The molecular formula is C23H31N7. The first-order valence-corrected chi connectivity index (χ1v) is 10.7. The van der Waals surface area contributed by atoms with Gasteiger partial charge >= 0.3 is 0 Å². The highest BCUT2D eigenvalue weighted by molar-refractivity contribution is 5.57. The van der Waals surface area contributed by atoms with Gasteiger partial charge < -0.3 is 4.90 Å². The molecule has 1 aliphatic rings. The van der Waals surface area contributed by atoms with E-state index in [1.807, 2.05) is 23.0 Å². The fourth-order valence-electron chi connectivity index (χ4n) is 3.66. The highest BCUT2D eigenvalue weighted by Gasteiger charge is 2.21. The smallest absolute Gasteiger partial charge is 0.161 e. The molecule has 4 rings (SSSR count). The molecule has 7 nitrogen and oxygen atoms in total. The van der Waals surface area contributed by atoms with E-state index in [9.17, 15) is 0 Å². The Hall–Kier alpha value is -2.80. The van der Waals surface area contributed by atoms with E-state index >= 15 is 0 Å². The number of rotatable bonds is 5. The highest BCUT2D eigenvalue weighted by Crippen LogP contribution is 2.22. The first-order chi connectivity index (χ1) is 14.4. The van der Waals surface area contributed by atoms with Crippen LogP contribution < -0.4 is 4.90 Å². The van der Waals surface area contributed by atoms with Gasteiger partial charge in [-0.15, -0.1) is 0 Å². The van der Waals surface area contributed by atoms with Gasteiger partial charge in [0.05, 0.1) is 11.7 Å². The fourth-order valence-corrected chi connectivity index (χ4v) is 3.66. The molecule has 0 N–H and O–H groups in total. The Kier molecular flexibility index (Phi) is 5.81. The minimum absolute atomic E-state index is 0.0213. The van der Waals surface area contributed by atoms with Gasteiger partial charge in [-0.1, -0.05) is 6.92 Å². The van der Waals surface area contributed by atoms with Gasteiger partial charge in [0.25, 0.3) is 0 Å². The predicted octanol–water partition coefficient (Wildman–Crippen LogP) is 3.37. The van der Waals surface area contributed by atoms with Gasteiger partial charge in [0.15, 0.2) is 5.82 Å². The zero-order chi connectivity index (χ0) is 21.1. The van der Waals surface area contributed by atoms with E-state index in [0.717, 1.165) is 62.0 Å². The number of hydrogen-bond acceptors (Lipinski definition) is 6. The molecule has 1 fully saturated rings. The van der Waals surface area contributed by atoms with Crippen molar-refractivity contribution < 1.29 is 0 Å². The second-order valence-corrected chi connectivity index (χ2v) is 8.86. The molecule has 4 heterocycles. The highest BCUT2D eigenvalue weighted by atomic mass is 15.3. The molecule has 0 spiro atoms. The Morgan fingerprint density at radius 2 is 1.73 bits per heavy atom. The molecule has 0 amide bonds. The van der Waals surface area contributed by atoms with Crippen LogP contribution in [-0.2, 0) is 18.5 Å². The van der Waals surface area contributed by atoms with Crippen molar-refractivity contribution in [3.05, 3.63) is 54.2 Å². The number of piperazine rings is 1. The monoisotopic (exact) mass is 405 g/mol. The van der Waals surface area contributed by atoms with Gasteiger partial charge in [-0.3, -0.25) is 14.6 Å². The average molecular weight is 406 g/mol. The molecule has 0 radical (unpaired) electrons. The zero-order valence-corrected chi connectivity index (χ0v) is 18.4. The number of anilines is 1. The van der Waals surface area contributed by atoms with Crippen LogP contribution in [0.1, 0.15) is 39.0 Å². The lowest BCUT2D eigenvalue weighted by atomic mass is 10.1. The largest absolute Gasteiger partial charge is 0.354 e. The summed E-state index contributed by atoms with van der Waals surface area (Å²) in [7, 11) is 0. The van der Waals surface area contributed by atoms with Crippen LogP contribution in [0.4, 0.5) is 5.82 Å². The summed E-state index contributed by atoms with van der Waals surface area (Å²) in [5.74, 6) is 1.80. The molecule has 0 bridgehead atoms. The van der Waals surface area contributed by atoms with E-state index in [0.29, 0.717) is 0 Å². The van der Waals surface area contributed by atoms with Crippen LogP contribution >= 0.6 is 0 Å². The second-order valence-electron chi connectivity index (χ2n) is 8.86. The Bertz CT molecular complexity index is 967. The van der Waals surface area contributed by atoms with Crippen molar-refractivity contribution in [1.29, 1.82) is 0 Å². The normalized spacial score (nSPS) is 15.5. The summed E-state index contributed by atoms with van der Waals surface area (Å²) >= 11 is 0. The van der Waals surface area contributed by atoms with Crippen molar-refractivity contribution in [3.8, 4) is 11.4 Å². The molecule has 0 saturated carbocycles. The average Bonchev–Trinajstić information content (AvgIpc) is 3.24. The van der Waals surface area contributed by atoms with Gasteiger partial charge in [-0.05, 0) is 39.3 Å². The van der Waals surface area contributed by atoms with Crippen molar-refractivity contribution in [2.24, 2.45) is 0 Å². The summed E-state index contributed by atoms with van der Waals surface area (Å²) in [6.45, 7) is 13.5. The summed E-state index contributed by atoms with van der Waals surface area (Å²) in [4.78, 5) is 18.6. The van der Waals surface area contributed by atoms with Crippen molar-refractivity contribution >= 4 is 5.82 Å². The maximum atomic E-state index is 4.87. The SMILES string of the molecule is CCc1cc(N2CCN(Cc3cnn(C(C)(C)C)c3)CC2)nc(-c2ccncc2)n1. The minimum atomic E-state index is 0.0213. The molecule has 1 saturated heterocycles. The van der Waals surface area contributed by atoms with E-state index in [1.54, 1.807) is 12.4 Å². The maximum absolute atomic E-state index is 4.87. The summed E-state index contributed by atoms with van der Waals surface area (Å²) < 4.78 is 2.05. The number of aryl methyl sites for hydroxylation is 1. The second kappa shape index (κ2) is 8.52. The Balaban J connectivity index is 1.43. The molecule has 30 heavy (non-hydrogen) atoms. The lowest BCUT2D eigenvalue weighted by Gasteiger charge is -2.35. The van der Waals surface area contributed by atoms with Crippen molar-refractivity contribution in [1.82, 2.24) is 29.6 Å². The topological polar surface area (TPSA) is 63.0 Å². The Morgan fingerprint density at radius 3 is 2.37 bits per heavy atom. The van der Waals surface area contributed by atoms with Crippen molar-refractivity contribution in [2.45, 2.75) is 46.2 Å². The Labute approximate surface area is 178 Å². The maximum Gasteiger partial charge on any atom is 0.161 e. The van der Waals surface area contributed by atoms with Crippen molar-refractivity contribution in [2.75, 3.05) is 31.1 Å². The number of hydrogen-bond donors (Lipinski definition) is 0. The summed E-state index contributed by atoms with van der Waals surface area (Å²) in [5.41, 5.74) is 3.38. The van der Waals surface area contributed by atoms with Gasteiger partial charge in [0, 0.05) is 74.2 Å². The van der Waals surface area contributed by atoms with Crippen LogP contribution in [0.15, 0.2) is 43.0 Å². The van der Waals surface area contributed by atoms with Gasteiger partial charge in [-0.25, -0.2) is 9.97 Å². The quantitative estimate of drug-likeness (QED) is 0.649. The van der Waals surface area contributed by atoms with Gasteiger partial charge in [0.1, 0.15) is 5.82 Å². The van der Waals surface area contributed by atoms with Crippen LogP contribution in [-0.4, -0.2) is 55.8 Å². The number of aromatic nitrogens is 5. The lowest BCUT2D eigenvalue weighted by Crippen LogP contribution is -2.46. The minimum Gasteiger partial charge on any atom is -0.354 e. The van der Waals surface area contributed by atoms with Crippen LogP contribution in [0, 0.1) is 0 Å². The van der Waals surface area contributed by atoms with Crippen molar-refractivity contribution in [3.63, 3.8) is 0 Å². The van der Waals surface area contributed by atoms with E-state index in [4.69, 9.17) is 9.97 Å². The summed E-state index contributed by atoms with van der Waals surface area (Å²) in [6, 6.07) is 6.07. The number of nitrogens with zero attached hydrogens (tertiary/aromatic N) is 7. The molecule has 0 aromatic carbocycles. The molecule has 0 atom stereocenters. The third-order valence-corrected chi connectivity index (χ3v) is 5.49. The lowest BCUT2D eigenvalue weighted by molar-refractivity contribution is 0.249. The van der Waals surface area contributed by atoms with Crippen LogP contribution in [0.25, 0.3) is 11.4 Å². The fraction of sp³-hybridized carbons (Fsp3) is 0.478. The molecule has 3 aromatic rings. The van der Waals surface area contributed by atoms with Crippen LogP contribution in [0.2, 0.25) is 0 Å². The first kappa shape index (κ1) is 20.5. The molecule has 158 valence electrons. The third kappa shape index (κ3) is 4.67. The van der Waals surface area contributed by atoms with E-state index in [1.165, 1.54) is 5.56 Å². The molecule has 0 unspecified atom stereocenters.